The molecule has 0 saturated heterocycles. The highest BCUT2D eigenvalue weighted by molar-refractivity contribution is 7.47. The van der Waals surface area contributed by atoms with Gasteiger partial charge in [0, 0.05) is 25.2 Å². The van der Waals surface area contributed by atoms with E-state index in [2.05, 4.69) is 62.5 Å². The Morgan fingerprint density at radius 3 is 2.05 bits per heavy atom. The Bertz CT molecular complexity index is 1350. The molecule has 1 fully saturated rings. The number of unbranched alkanes of at least 4 members (excludes halogenated alkanes) is 5. The summed E-state index contributed by atoms with van der Waals surface area (Å²) in [5, 5.41) is 31.3. The molecule has 4 N–H and O–H groups in total. The van der Waals surface area contributed by atoms with Crippen molar-refractivity contribution in [3.63, 3.8) is 0 Å². The van der Waals surface area contributed by atoms with E-state index in [1.807, 2.05) is 39.4 Å². The second-order valence-electron chi connectivity index (χ2n) is 16.3. The van der Waals surface area contributed by atoms with Crippen LogP contribution in [0, 0.1) is 11.8 Å². The fraction of sp³-hybridized carbons (Fsp3) is 0.696. The zero-order valence-electron chi connectivity index (χ0n) is 36.8. The first-order valence-electron chi connectivity index (χ1n) is 21.9. The molecular weight excluding hydrogens is 773 g/mol. The van der Waals surface area contributed by atoms with Crippen molar-refractivity contribution in [3.8, 4) is 0 Å². The molecule has 12 nitrogen and oxygen atoms in total. The topological polar surface area (TPSA) is 169 Å². The van der Waals surface area contributed by atoms with Gasteiger partial charge in [-0.3, -0.25) is 18.6 Å². The molecule has 0 heterocycles. The summed E-state index contributed by atoms with van der Waals surface area (Å²) in [6.45, 7) is 3.85. The van der Waals surface area contributed by atoms with Gasteiger partial charge < -0.3 is 34.2 Å². The number of aliphatic hydroxyl groups is 3. The lowest BCUT2D eigenvalue weighted by atomic mass is 9.89. The van der Waals surface area contributed by atoms with Gasteiger partial charge >= 0.3 is 19.8 Å². The van der Waals surface area contributed by atoms with Crippen molar-refractivity contribution in [2.45, 2.75) is 147 Å². The van der Waals surface area contributed by atoms with Crippen LogP contribution in [0.1, 0.15) is 123 Å². The van der Waals surface area contributed by atoms with Gasteiger partial charge in [0.05, 0.1) is 46.1 Å². The van der Waals surface area contributed by atoms with E-state index >= 15 is 0 Å². The number of hydrogen-bond acceptors (Lipinski definition) is 10. The third-order valence-corrected chi connectivity index (χ3v) is 10.8. The van der Waals surface area contributed by atoms with Gasteiger partial charge in [-0.1, -0.05) is 106 Å². The van der Waals surface area contributed by atoms with E-state index in [0.29, 0.717) is 49.6 Å². The van der Waals surface area contributed by atoms with Crippen molar-refractivity contribution in [2.75, 3.05) is 47.5 Å². The first kappa shape index (κ1) is 54.3. The summed E-state index contributed by atoms with van der Waals surface area (Å²) in [7, 11) is 1.30. The summed E-state index contributed by atoms with van der Waals surface area (Å²) < 4.78 is 34.2. The Balaban J connectivity index is 2.55. The summed E-state index contributed by atoms with van der Waals surface area (Å²) in [4.78, 5) is 35.5. The van der Waals surface area contributed by atoms with E-state index in [1.54, 1.807) is 6.08 Å². The fourth-order valence-corrected chi connectivity index (χ4v) is 7.03. The molecule has 0 aliphatic heterocycles. The van der Waals surface area contributed by atoms with Crippen LogP contribution in [0.5, 0.6) is 0 Å². The zero-order chi connectivity index (χ0) is 43.8. The molecule has 1 saturated carbocycles. The normalized spacial score (nSPS) is 21.2. The molecule has 0 radical (unpaired) electrons. The van der Waals surface area contributed by atoms with Gasteiger partial charge in [-0.05, 0) is 76.5 Å². The average Bonchev–Trinajstić information content (AvgIpc) is 3.44. The number of hydrogen-bond donors (Lipinski definition) is 4. The second kappa shape index (κ2) is 33.0. The monoisotopic (exact) mass is 853 g/mol. The largest absolute Gasteiger partial charge is 0.472 e. The van der Waals surface area contributed by atoms with E-state index in [1.165, 1.54) is 0 Å². The summed E-state index contributed by atoms with van der Waals surface area (Å²) >= 11 is 0. The van der Waals surface area contributed by atoms with Crippen LogP contribution in [0.25, 0.3) is 0 Å². The number of likely N-dealkylation sites (N-methyl/N-ethyl adjacent to an activating group) is 1. The summed E-state index contributed by atoms with van der Waals surface area (Å²) in [5.41, 5.74) is 0. The van der Waals surface area contributed by atoms with Gasteiger partial charge in [0.2, 0.25) is 0 Å². The van der Waals surface area contributed by atoms with Gasteiger partial charge in [0.1, 0.15) is 19.8 Å². The van der Waals surface area contributed by atoms with E-state index < -0.39 is 50.8 Å². The Hall–Kier alpha value is -2.67. The number of ether oxygens (including phenoxy) is 2. The van der Waals surface area contributed by atoms with Crippen LogP contribution >= 0.6 is 7.82 Å². The lowest BCUT2D eigenvalue weighted by Gasteiger charge is -2.24. The number of esters is 2. The fourth-order valence-electron chi connectivity index (χ4n) is 6.29. The van der Waals surface area contributed by atoms with Crippen molar-refractivity contribution in [2.24, 2.45) is 11.8 Å². The molecule has 1 aliphatic carbocycles. The highest BCUT2D eigenvalue weighted by Gasteiger charge is 2.39. The minimum Gasteiger partial charge on any atom is -0.462 e. The molecule has 0 aromatic carbocycles. The minimum atomic E-state index is -4.45. The summed E-state index contributed by atoms with van der Waals surface area (Å²) in [6.07, 6.45) is 33.4. The Labute approximate surface area is 355 Å². The molecule has 0 aromatic heterocycles. The van der Waals surface area contributed by atoms with Gasteiger partial charge in [-0.25, -0.2) is 4.57 Å². The molecular formula is C46H79NO11P+. The molecule has 1 rings (SSSR count). The number of nitrogens with zero attached hydrogens (tertiary/aromatic N) is 1. The molecule has 338 valence electrons. The first-order valence-corrected chi connectivity index (χ1v) is 23.4. The predicted molar refractivity (Wildman–Crippen MR) is 235 cm³/mol. The van der Waals surface area contributed by atoms with Crippen molar-refractivity contribution in [3.05, 3.63) is 72.9 Å². The third-order valence-electron chi connectivity index (χ3n) is 9.79. The average molecular weight is 853 g/mol. The van der Waals surface area contributed by atoms with Crippen LogP contribution in [-0.2, 0) is 32.7 Å². The minimum absolute atomic E-state index is 0.0193. The Kier molecular flexibility index (Phi) is 30.4. The smallest absolute Gasteiger partial charge is 0.462 e. The quantitative estimate of drug-likeness (QED) is 0.0161. The molecule has 13 heteroatoms. The van der Waals surface area contributed by atoms with Crippen LogP contribution in [-0.4, -0.2) is 109 Å². The van der Waals surface area contributed by atoms with Crippen LogP contribution in [0.3, 0.4) is 0 Å². The number of phosphoric ester groups is 1. The number of carbonyl (C=O) groups is 2. The summed E-state index contributed by atoms with van der Waals surface area (Å²) in [6, 6.07) is 0. The van der Waals surface area contributed by atoms with Crippen molar-refractivity contribution in [1.29, 1.82) is 0 Å². The number of allylic oxidation sites excluding steroid dienone is 10. The van der Waals surface area contributed by atoms with E-state index in [9.17, 15) is 34.4 Å². The molecule has 7 atom stereocenters. The number of rotatable bonds is 34. The van der Waals surface area contributed by atoms with Gasteiger partial charge in [-0.15, -0.1) is 0 Å². The third kappa shape index (κ3) is 30.1. The lowest BCUT2D eigenvalue weighted by molar-refractivity contribution is -0.870. The lowest BCUT2D eigenvalue weighted by Crippen LogP contribution is -2.37. The Morgan fingerprint density at radius 1 is 0.763 bits per heavy atom. The van der Waals surface area contributed by atoms with Crippen LogP contribution < -0.4 is 0 Å². The second-order valence-corrected chi connectivity index (χ2v) is 17.8. The van der Waals surface area contributed by atoms with E-state index in [4.69, 9.17) is 18.5 Å². The molecule has 0 aromatic rings. The molecule has 0 bridgehead atoms. The van der Waals surface area contributed by atoms with Crippen molar-refractivity contribution in [1.82, 2.24) is 0 Å². The maximum Gasteiger partial charge on any atom is 0.472 e. The zero-order valence-corrected chi connectivity index (χ0v) is 37.7. The van der Waals surface area contributed by atoms with E-state index in [0.717, 1.165) is 57.8 Å². The maximum absolute atomic E-state index is 12.7. The van der Waals surface area contributed by atoms with Crippen LogP contribution in [0.2, 0.25) is 0 Å². The molecule has 0 amide bonds. The highest BCUT2D eigenvalue weighted by Crippen LogP contribution is 2.43. The first-order chi connectivity index (χ1) is 28.2. The number of aliphatic hydroxyl groups excluding tert-OH is 3. The van der Waals surface area contributed by atoms with Gasteiger partial charge in [0.15, 0.2) is 6.10 Å². The number of carbonyl (C=O) groups excluding carboxylic acids is 2. The molecule has 1 unspecified atom stereocenters. The summed E-state index contributed by atoms with van der Waals surface area (Å²) in [5.74, 6) is -1.46. The van der Waals surface area contributed by atoms with Gasteiger partial charge in [-0.2, -0.15) is 0 Å². The van der Waals surface area contributed by atoms with Crippen LogP contribution in [0.15, 0.2) is 72.9 Å². The van der Waals surface area contributed by atoms with E-state index in [-0.39, 0.29) is 37.9 Å². The number of quaternary nitrogens is 1. The Morgan fingerprint density at radius 2 is 1.39 bits per heavy atom. The molecule has 59 heavy (non-hydrogen) atoms. The molecule has 1 aliphatic rings. The predicted octanol–water partition coefficient (Wildman–Crippen LogP) is 8.62. The van der Waals surface area contributed by atoms with Crippen LogP contribution in [0.4, 0.5) is 0 Å². The maximum atomic E-state index is 12.7. The number of phosphoric acid groups is 1. The molecule has 0 spiro atoms. The van der Waals surface area contributed by atoms with Crippen molar-refractivity contribution >= 4 is 19.8 Å². The van der Waals surface area contributed by atoms with Gasteiger partial charge in [0.25, 0.3) is 0 Å². The van der Waals surface area contributed by atoms with Crippen molar-refractivity contribution < 1.29 is 57.4 Å². The highest BCUT2D eigenvalue weighted by atomic mass is 31.2. The SMILES string of the molecule is CC/C=C\C/C=C\C/C=C\C/C=C\CCCCC(=O)O[C@H](COC(=O)CCC/C=C/C[C@@H]1[C@@H](/C=C/[C@@H](O)CCCCC)[C@H](O)C[C@@H]1O)COP(=O)(O)OCC[N+](C)(C)C. The standard InChI is InChI=1S/C46H78NO11P/c1-6-8-10-11-12-13-14-15-16-17-18-19-20-21-27-31-46(52)58-40(38-57-59(53,54)56-35-34-47(3,4)5)37-55-45(51)30-26-23-22-25-29-41-42(44(50)36-43(41)49)33-32-39(48)28-24-9-7-2/h8,10,12-13,15-16,18-19,22,25,32-33,39-44,48-50H,6-7,9,11,14,17,20-21,23-24,26-31,34-38H2,1-5H3/p+1/b10-8-,13-12-,16-15-,19-18-,25-22+,33-32+/t39-,40+,41+,42+,43-,44+/m0/s1.